The summed E-state index contributed by atoms with van der Waals surface area (Å²) in [6.07, 6.45) is 2.22. The molecule has 1 atom stereocenters. The number of pyridine rings is 1. The molecular weight excluding hydrogens is 406 g/mol. The smallest absolute Gasteiger partial charge is 0.340 e. The van der Waals surface area contributed by atoms with Crippen LogP contribution in [0, 0.1) is 0 Å². The molecule has 0 aliphatic rings. The van der Waals surface area contributed by atoms with Crippen molar-refractivity contribution in [1.29, 1.82) is 0 Å². The lowest BCUT2D eigenvalue weighted by Gasteiger charge is -2.13. The Kier molecular flexibility index (Phi) is 4.53. The van der Waals surface area contributed by atoms with Gasteiger partial charge in [-0.05, 0) is 28.9 Å². The Morgan fingerprint density at radius 2 is 1.85 bits per heavy atom. The first-order valence-electron chi connectivity index (χ1n) is 7.66. The Hall–Kier alpha value is -2.75. The first kappa shape index (κ1) is 18.1. The molecule has 0 aliphatic carbocycles. The zero-order chi connectivity index (χ0) is 19.2. The van der Waals surface area contributed by atoms with Crippen molar-refractivity contribution in [3.05, 3.63) is 55.2 Å². The van der Waals surface area contributed by atoms with E-state index < -0.39 is 23.3 Å². The van der Waals surface area contributed by atoms with Crippen LogP contribution in [0.1, 0.15) is 29.2 Å². The molecule has 0 saturated heterocycles. The minimum absolute atomic E-state index is 0.239. The fourth-order valence-electron chi connectivity index (χ4n) is 2.70. The molecule has 3 aromatic rings. The molecule has 0 fully saturated rings. The Labute approximate surface area is 156 Å². The van der Waals surface area contributed by atoms with E-state index in [2.05, 4.69) is 25.9 Å². The van der Waals surface area contributed by atoms with Gasteiger partial charge in [0.2, 0.25) is 0 Å². The van der Waals surface area contributed by atoms with Crippen molar-refractivity contribution in [3.63, 3.8) is 0 Å². The molecule has 26 heavy (non-hydrogen) atoms. The lowest BCUT2D eigenvalue weighted by molar-refractivity contribution is 0.0315. The van der Waals surface area contributed by atoms with Gasteiger partial charge >= 0.3 is 11.7 Å². The lowest BCUT2D eigenvalue weighted by atomic mass is 10.3. The maximum Gasteiger partial charge on any atom is 0.340 e. The van der Waals surface area contributed by atoms with E-state index in [0.717, 1.165) is 4.57 Å². The molecule has 0 spiro atoms. The molecule has 3 aromatic heterocycles. The van der Waals surface area contributed by atoms with Crippen molar-refractivity contribution in [2.24, 2.45) is 21.1 Å². The van der Waals surface area contributed by atoms with Gasteiger partial charge in [0.15, 0.2) is 23.1 Å². The largest absolute Gasteiger partial charge is 0.451 e. The lowest BCUT2D eigenvalue weighted by Crippen LogP contribution is -2.37. The quantitative estimate of drug-likeness (QED) is 0.585. The van der Waals surface area contributed by atoms with E-state index in [4.69, 9.17) is 4.74 Å². The number of halogens is 1. The average Bonchev–Trinajstić information content (AvgIpc) is 2.95. The molecule has 0 N–H and O–H groups in total. The van der Waals surface area contributed by atoms with Crippen LogP contribution < -0.4 is 11.2 Å². The van der Waals surface area contributed by atoms with E-state index in [-0.39, 0.29) is 16.7 Å². The zero-order valence-corrected chi connectivity index (χ0v) is 16.1. The number of aromatic nitrogens is 5. The van der Waals surface area contributed by atoms with E-state index >= 15 is 0 Å². The first-order valence-corrected chi connectivity index (χ1v) is 8.45. The topological polar surface area (TPSA) is 101 Å². The van der Waals surface area contributed by atoms with Gasteiger partial charge in [-0.1, -0.05) is 0 Å². The van der Waals surface area contributed by atoms with Crippen LogP contribution >= 0.6 is 15.9 Å². The number of hydrogen-bond acceptors (Lipinski definition) is 6. The van der Waals surface area contributed by atoms with Crippen LogP contribution in [0.5, 0.6) is 0 Å². The van der Waals surface area contributed by atoms with E-state index in [1.54, 1.807) is 26.2 Å². The molecule has 0 saturated carbocycles. The monoisotopic (exact) mass is 421 g/mol. The van der Waals surface area contributed by atoms with Gasteiger partial charge in [0, 0.05) is 38.0 Å². The van der Waals surface area contributed by atoms with Crippen LogP contribution in [0.2, 0.25) is 0 Å². The van der Waals surface area contributed by atoms with Gasteiger partial charge in [-0.2, -0.15) is 0 Å². The number of carbonyl (C=O) groups excluding carboxylic acids is 1. The third-order valence-electron chi connectivity index (χ3n) is 4.10. The maximum atomic E-state index is 12.4. The highest BCUT2D eigenvalue weighted by Gasteiger charge is 2.23. The van der Waals surface area contributed by atoms with Gasteiger partial charge in [-0.15, -0.1) is 0 Å². The van der Waals surface area contributed by atoms with Gasteiger partial charge in [0.25, 0.3) is 5.56 Å². The van der Waals surface area contributed by atoms with E-state index in [1.807, 2.05) is 0 Å². The molecule has 0 radical (unpaired) electrons. The Morgan fingerprint density at radius 1 is 1.15 bits per heavy atom. The second kappa shape index (κ2) is 6.52. The highest BCUT2D eigenvalue weighted by atomic mass is 79.9. The molecule has 1 unspecified atom stereocenters. The number of rotatable bonds is 3. The summed E-state index contributed by atoms with van der Waals surface area (Å²) in [6.45, 7) is 1.65. The number of carbonyl (C=O) groups is 1. The summed E-state index contributed by atoms with van der Waals surface area (Å²) in [5, 5.41) is 0. The van der Waals surface area contributed by atoms with Crippen LogP contribution in [0.4, 0.5) is 0 Å². The van der Waals surface area contributed by atoms with Crippen LogP contribution in [-0.2, 0) is 25.9 Å². The molecule has 136 valence electrons. The van der Waals surface area contributed by atoms with E-state index in [0.29, 0.717) is 10.3 Å². The Morgan fingerprint density at radius 3 is 2.50 bits per heavy atom. The van der Waals surface area contributed by atoms with Gasteiger partial charge < -0.3 is 9.30 Å². The fourth-order valence-corrected chi connectivity index (χ4v) is 3.07. The molecule has 9 nitrogen and oxygen atoms in total. The molecule has 0 aromatic carbocycles. The zero-order valence-electron chi connectivity index (χ0n) is 14.6. The van der Waals surface area contributed by atoms with Crippen molar-refractivity contribution in [2.75, 3.05) is 0 Å². The number of esters is 1. The summed E-state index contributed by atoms with van der Waals surface area (Å²) >= 11 is 3.25. The van der Waals surface area contributed by atoms with Gasteiger partial charge in [-0.3, -0.25) is 18.9 Å². The van der Waals surface area contributed by atoms with Crippen LogP contribution in [0.3, 0.4) is 0 Å². The number of nitrogens with zero attached hydrogens (tertiary/aromatic N) is 5. The van der Waals surface area contributed by atoms with Crippen molar-refractivity contribution < 1.29 is 9.53 Å². The first-order chi connectivity index (χ1) is 12.2. The summed E-state index contributed by atoms with van der Waals surface area (Å²) in [7, 11) is 4.58. The number of hydrogen-bond donors (Lipinski definition) is 0. The molecule has 0 aliphatic heterocycles. The van der Waals surface area contributed by atoms with E-state index in [1.165, 1.54) is 29.4 Å². The summed E-state index contributed by atoms with van der Waals surface area (Å²) < 4.78 is 9.93. The highest BCUT2D eigenvalue weighted by molar-refractivity contribution is 9.10. The van der Waals surface area contributed by atoms with Crippen LogP contribution in [0.25, 0.3) is 11.2 Å². The van der Waals surface area contributed by atoms with Crippen molar-refractivity contribution >= 4 is 33.1 Å². The minimum atomic E-state index is -0.737. The van der Waals surface area contributed by atoms with Crippen LogP contribution in [-0.4, -0.2) is 29.6 Å². The minimum Gasteiger partial charge on any atom is -0.451 e. The predicted octanol–water partition coefficient (Wildman–Crippen LogP) is 1.05. The third-order valence-corrected chi connectivity index (χ3v) is 4.53. The standard InChI is InChI=1S/C16H16BrN5O4/c1-8(26-15(24)9-5-10(17)7-18-6-9)12-19-13-11(20(12)2)14(23)22(4)16(25)21(13)3/h5-8H,1-4H3. The van der Waals surface area contributed by atoms with E-state index in [9.17, 15) is 14.4 Å². The summed E-state index contributed by atoms with van der Waals surface area (Å²) in [4.78, 5) is 45.1. The molecule has 3 heterocycles. The molecule has 0 bridgehead atoms. The second-order valence-corrected chi connectivity index (χ2v) is 6.76. The molecular formula is C16H16BrN5O4. The van der Waals surface area contributed by atoms with Crippen LogP contribution in [0.15, 0.2) is 32.5 Å². The van der Waals surface area contributed by atoms with Crippen molar-refractivity contribution in [1.82, 2.24) is 23.7 Å². The van der Waals surface area contributed by atoms with Gasteiger partial charge in [0.05, 0.1) is 5.56 Å². The number of imidazole rings is 1. The fraction of sp³-hybridized carbons (Fsp3) is 0.312. The molecule has 0 amide bonds. The molecule has 3 rings (SSSR count). The molecule has 10 heteroatoms. The Bertz CT molecular complexity index is 1140. The van der Waals surface area contributed by atoms with Crippen molar-refractivity contribution in [3.8, 4) is 0 Å². The van der Waals surface area contributed by atoms with Gasteiger partial charge in [0.1, 0.15) is 0 Å². The number of aryl methyl sites for hydroxylation is 2. The average molecular weight is 422 g/mol. The number of fused-ring (bicyclic) bond motifs is 1. The highest BCUT2D eigenvalue weighted by Crippen LogP contribution is 2.21. The number of ether oxygens (including phenoxy) is 1. The van der Waals surface area contributed by atoms with Gasteiger partial charge in [-0.25, -0.2) is 14.6 Å². The third kappa shape index (κ3) is 2.85. The summed E-state index contributed by atoms with van der Waals surface area (Å²) in [6, 6.07) is 1.59. The SMILES string of the molecule is CC(OC(=O)c1cncc(Br)c1)c1nc2c(c(=O)n(C)c(=O)n2C)n1C. The predicted molar refractivity (Wildman–Crippen MR) is 97.0 cm³/mol. The Balaban J connectivity index is 2.03. The second-order valence-electron chi connectivity index (χ2n) is 5.85. The summed E-state index contributed by atoms with van der Waals surface area (Å²) in [5.74, 6) is -0.213. The maximum absolute atomic E-state index is 12.4. The summed E-state index contributed by atoms with van der Waals surface area (Å²) in [5.41, 5.74) is -0.149. The normalized spacial score (nSPS) is 12.3. The van der Waals surface area contributed by atoms with Crippen molar-refractivity contribution in [2.45, 2.75) is 13.0 Å².